The fourth-order valence-corrected chi connectivity index (χ4v) is 6.31. The van der Waals surface area contributed by atoms with Gasteiger partial charge in [0.1, 0.15) is 0 Å². The molecule has 130 valence electrons. The van der Waals surface area contributed by atoms with E-state index in [-0.39, 0.29) is 0 Å². The molecule has 6 atom stereocenters. The zero-order chi connectivity index (χ0) is 16.7. The number of hydrogen-bond acceptors (Lipinski definition) is 0. The average molecular weight is 307 g/mol. The summed E-state index contributed by atoms with van der Waals surface area (Å²) in [5.41, 5.74) is 1.00. The van der Waals surface area contributed by atoms with Crippen molar-refractivity contribution < 1.29 is 0 Å². The highest BCUT2D eigenvalue weighted by Gasteiger charge is 2.41. The van der Waals surface area contributed by atoms with Gasteiger partial charge in [0, 0.05) is 0 Å². The van der Waals surface area contributed by atoms with Gasteiger partial charge < -0.3 is 0 Å². The molecule has 0 nitrogen and oxygen atoms in total. The Labute approximate surface area is 140 Å². The fraction of sp³-hybridized carbons (Fsp3) is 1.00. The monoisotopic (exact) mass is 306 g/mol. The fourth-order valence-electron chi connectivity index (χ4n) is 6.31. The van der Waals surface area contributed by atoms with Crippen LogP contribution in [0.3, 0.4) is 0 Å². The van der Waals surface area contributed by atoms with Crippen LogP contribution in [-0.4, -0.2) is 0 Å². The maximum absolute atomic E-state index is 2.53. The Morgan fingerprint density at radius 1 is 0.545 bits per heavy atom. The van der Waals surface area contributed by atoms with Crippen molar-refractivity contribution >= 4 is 0 Å². The SMILES string of the molecule is CC1CC(C2CCC(C(C)(C)C)C(C)C2)CCC1C(C)(C)C. The molecule has 0 N–H and O–H groups in total. The highest BCUT2D eigenvalue weighted by atomic mass is 14.5. The van der Waals surface area contributed by atoms with Gasteiger partial charge in [-0.3, -0.25) is 0 Å². The highest BCUT2D eigenvalue weighted by molar-refractivity contribution is 4.91. The molecule has 6 unspecified atom stereocenters. The topological polar surface area (TPSA) is 0 Å². The molecular weight excluding hydrogens is 264 g/mol. The minimum Gasteiger partial charge on any atom is -0.0622 e. The summed E-state index contributed by atoms with van der Waals surface area (Å²) in [6.45, 7) is 19.8. The van der Waals surface area contributed by atoms with Crippen molar-refractivity contribution in [2.75, 3.05) is 0 Å². The van der Waals surface area contributed by atoms with Gasteiger partial charge in [0.25, 0.3) is 0 Å². The maximum atomic E-state index is 2.53. The van der Waals surface area contributed by atoms with Crippen LogP contribution in [0.5, 0.6) is 0 Å². The van der Waals surface area contributed by atoms with Crippen molar-refractivity contribution in [3.63, 3.8) is 0 Å². The smallest absolute Gasteiger partial charge is 0.0339 e. The Kier molecular flexibility index (Phi) is 5.40. The van der Waals surface area contributed by atoms with Crippen LogP contribution in [0.25, 0.3) is 0 Å². The minimum atomic E-state index is 0.502. The van der Waals surface area contributed by atoms with Crippen LogP contribution in [0.2, 0.25) is 0 Å². The Morgan fingerprint density at radius 3 is 1.09 bits per heavy atom. The summed E-state index contributed by atoms with van der Waals surface area (Å²) < 4.78 is 0. The van der Waals surface area contributed by atoms with E-state index in [9.17, 15) is 0 Å². The predicted octanol–water partition coefficient (Wildman–Crippen LogP) is 7.18. The zero-order valence-corrected chi connectivity index (χ0v) is 16.7. The van der Waals surface area contributed by atoms with Crippen molar-refractivity contribution in [3.8, 4) is 0 Å². The zero-order valence-electron chi connectivity index (χ0n) is 16.7. The molecule has 2 aliphatic rings. The van der Waals surface area contributed by atoms with Gasteiger partial charge in [-0.25, -0.2) is 0 Å². The van der Waals surface area contributed by atoms with Crippen molar-refractivity contribution in [3.05, 3.63) is 0 Å². The Balaban J connectivity index is 1.93. The van der Waals surface area contributed by atoms with Crippen LogP contribution in [0, 0.1) is 46.3 Å². The predicted molar refractivity (Wildman–Crippen MR) is 98.9 cm³/mol. The molecule has 0 aromatic heterocycles. The molecule has 0 aromatic carbocycles. The number of rotatable bonds is 1. The van der Waals surface area contributed by atoms with Crippen LogP contribution in [0.15, 0.2) is 0 Å². The quantitative estimate of drug-likeness (QED) is 0.481. The average Bonchev–Trinajstić information content (AvgIpc) is 2.35. The number of hydrogen-bond donors (Lipinski definition) is 0. The van der Waals surface area contributed by atoms with Crippen molar-refractivity contribution in [2.45, 2.75) is 93.9 Å². The lowest BCUT2D eigenvalue weighted by Crippen LogP contribution is -2.38. The Bertz CT molecular complexity index is 317. The molecule has 0 amide bonds. The second-order valence-corrected chi connectivity index (χ2v) is 11.0. The lowest BCUT2D eigenvalue weighted by molar-refractivity contribution is 0.0250. The van der Waals surface area contributed by atoms with E-state index >= 15 is 0 Å². The molecule has 0 radical (unpaired) electrons. The molecule has 2 saturated carbocycles. The van der Waals surface area contributed by atoms with Crippen molar-refractivity contribution in [1.82, 2.24) is 0 Å². The molecule has 0 heteroatoms. The van der Waals surface area contributed by atoms with E-state index in [1.807, 2.05) is 0 Å². The first-order valence-corrected chi connectivity index (χ1v) is 10.00. The van der Waals surface area contributed by atoms with E-state index in [1.165, 1.54) is 38.5 Å². The van der Waals surface area contributed by atoms with Crippen molar-refractivity contribution in [2.24, 2.45) is 46.3 Å². The van der Waals surface area contributed by atoms with Gasteiger partial charge in [-0.1, -0.05) is 55.4 Å². The first kappa shape index (κ1) is 18.3. The van der Waals surface area contributed by atoms with Gasteiger partial charge in [-0.2, -0.15) is 0 Å². The second-order valence-electron chi connectivity index (χ2n) is 11.0. The first-order valence-electron chi connectivity index (χ1n) is 10.00. The molecule has 2 aliphatic carbocycles. The van der Waals surface area contributed by atoms with E-state index in [4.69, 9.17) is 0 Å². The highest BCUT2D eigenvalue weighted by Crippen LogP contribution is 2.51. The van der Waals surface area contributed by atoms with E-state index < -0.39 is 0 Å². The molecule has 0 bridgehead atoms. The normalized spacial score (nSPS) is 41.5. The minimum absolute atomic E-state index is 0.502. The van der Waals surface area contributed by atoms with Crippen LogP contribution < -0.4 is 0 Å². The summed E-state index contributed by atoms with van der Waals surface area (Å²) in [6, 6.07) is 0. The summed E-state index contributed by atoms with van der Waals surface area (Å²) in [5, 5.41) is 0. The summed E-state index contributed by atoms with van der Waals surface area (Å²) >= 11 is 0. The molecule has 2 rings (SSSR count). The molecule has 0 saturated heterocycles. The third-order valence-corrected chi connectivity index (χ3v) is 7.31. The van der Waals surface area contributed by atoms with Crippen LogP contribution in [0.4, 0.5) is 0 Å². The Morgan fingerprint density at radius 2 is 0.864 bits per heavy atom. The molecule has 22 heavy (non-hydrogen) atoms. The summed E-state index contributed by atoms with van der Waals surface area (Å²) in [7, 11) is 0. The lowest BCUT2D eigenvalue weighted by Gasteiger charge is -2.48. The van der Waals surface area contributed by atoms with Crippen LogP contribution in [-0.2, 0) is 0 Å². The van der Waals surface area contributed by atoms with E-state index in [0.29, 0.717) is 10.8 Å². The second kappa shape index (κ2) is 6.48. The van der Waals surface area contributed by atoms with Gasteiger partial charge >= 0.3 is 0 Å². The largest absolute Gasteiger partial charge is 0.0622 e. The lowest BCUT2D eigenvalue weighted by atomic mass is 9.58. The van der Waals surface area contributed by atoms with E-state index in [2.05, 4.69) is 55.4 Å². The van der Waals surface area contributed by atoms with Gasteiger partial charge in [-0.05, 0) is 84.9 Å². The molecule has 0 aromatic rings. The maximum Gasteiger partial charge on any atom is -0.0339 e. The van der Waals surface area contributed by atoms with Gasteiger partial charge in [0.15, 0.2) is 0 Å². The molecule has 0 heterocycles. The van der Waals surface area contributed by atoms with E-state index in [1.54, 1.807) is 0 Å². The standard InChI is InChI=1S/C22H42/c1-15-13-17(9-11-19(15)21(3,4)5)18-10-12-20(16(2)14-18)22(6,7)8/h15-20H,9-14H2,1-8H3. The molecule has 0 aliphatic heterocycles. The molecule has 0 spiro atoms. The molecule has 2 fully saturated rings. The third kappa shape index (κ3) is 4.09. The van der Waals surface area contributed by atoms with Crippen LogP contribution >= 0.6 is 0 Å². The summed E-state index contributed by atoms with van der Waals surface area (Å²) in [5.74, 6) is 5.77. The van der Waals surface area contributed by atoms with E-state index in [0.717, 1.165) is 35.5 Å². The van der Waals surface area contributed by atoms with Gasteiger partial charge in [0.2, 0.25) is 0 Å². The molecular formula is C22H42. The summed E-state index contributed by atoms with van der Waals surface area (Å²) in [4.78, 5) is 0. The Hall–Kier alpha value is 0. The van der Waals surface area contributed by atoms with Gasteiger partial charge in [0.05, 0.1) is 0 Å². The van der Waals surface area contributed by atoms with Crippen LogP contribution in [0.1, 0.15) is 93.9 Å². The van der Waals surface area contributed by atoms with Gasteiger partial charge in [-0.15, -0.1) is 0 Å². The summed E-state index contributed by atoms with van der Waals surface area (Å²) in [6.07, 6.45) is 8.96. The third-order valence-electron chi connectivity index (χ3n) is 7.31. The first-order chi connectivity index (χ1) is 10.00. The van der Waals surface area contributed by atoms with Crippen molar-refractivity contribution in [1.29, 1.82) is 0 Å².